The fourth-order valence-electron chi connectivity index (χ4n) is 5.46. The van der Waals surface area contributed by atoms with Crippen LogP contribution in [0.1, 0.15) is 42.3 Å². The monoisotopic (exact) mass is 490 g/mol. The number of nitrogens with zero attached hydrogens (tertiary/aromatic N) is 6. The molecule has 11 heteroatoms. The molecule has 0 saturated carbocycles. The van der Waals surface area contributed by atoms with Crippen LogP contribution in [0.15, 0.2) is 35.4 Å². The number of amides is 1. The number of piperidine rings is 1. The Hall–Kier alpha value is -3.73. The molecule has 3 aromatic heterocycles. The Kier molecular flexibility index (Phi) is 5.92. The highest BCUT2D eigenvalue weighted by Crippen LogP contribution is 2.30. The molecule has 36 heavy (non-hydrogen) atoms. The number of fused-ring (bicyclic) bond motifs is 2. The maximum absolute atomic E-state index is 13.0. The summed E-state index contributed by atoms with van der Waals surface area (Å²) in [5.41, 5.74) is 2.98. The molecule has 0 spiro atoms. The molecule has 2 aliphatic heterocycles. The molecule has 4 aromatic rings. The summed E-state index contributed by atoms with van der Waals surface area (Å²) in [5, 5.41) is 3.04. The minimum Gasteiger partial charge on any atom is -0.381 e. The second-order valence-electron chi connectivity index (χ2n) is 9.67. The van der Waals surface area contributed by atoms with Crippen LogP contribution >= 0.6 is 0 Å². The number of aromatic amines is 1. The molecule has 0 unspecified atom stereocenters. The average molecular weight is 491 g/mol. The van der Waals surface area contributed by atoms with Crippen LogP contribution in [-0.4, -0.2) is 67.8 Å². The third kappa shape index (κ3) is 4.02. The first-order valence-electron chi connectivity index (χ1n) is 12.6. The highest BCUT2D eigenvalue weighted by Gasteiger charge is 2.27. The van der Waals surface area contributed by atoms with Crippen molar-refractivity contribution in [3.63, 3.8) is 0 Å². The molecule has 2 fully saturated rings. The Morgan fingerprint density at radius 3 is 2.72 bits per heavy atom. The number of benzene rings is 1. The van der Waals surface area contributed by atoms with E-state index in [1.807, 2.05) is 35.9 Å². The van der Waals surface area contributed by atoms with E-state index in [2.05, 4.69) is 30.2 Å². The lowest BCUT2D eigenvalue weighted by molar-refractivity contribution is 0.0641. The molecule has 6 rings (SSSR count). The molecule has 2 saturated heterocycles. The molecule has 5 heterocycles. The lowest BCUT2D eigenvalue weighted by atomic mass is 10.0. The number of aromatic nitrogens is 6. The van der Waals surface area contributed by atoms with Gasteiger partial charge in [-0.3, -0.25) is 9.36 Å². The molecular formula is C25H30N8O3. The van der Waals surface area contributed by atoms with Crippen LogP contribution in [0.2, 0.25) is 0 Å². The summed E-state index contributed by atoms with van der Waals surface area (Å²) < 4.78 is 9.02. The molecule has 2 N–H and O–H groups in total. The van der Waals surface area contributed by atoms with Crippen molar-refractivity contribution < 1.29 is 9.53 Å². The molecule has 0 radical (unpaired) electrons. The summed E-state index contributed by atoms with van der Waals surface area (Å²) in [4.78, 5) is 44.4. The number of H-pyrrole nitrogens is 1. The van der Waals surface area contributed by atoms with Gasteiger partial charge in [0.05, 0.1) is 11.0 Å². The maximum atomic E-state index is 13.0. The van der Waals surface area contributed by atoms with Gasteiger partial charge in [0.25, 0.3) is 5.91 Å². The van der Waals surface area contributed by atoms with E-state index < -0.39 is 0 Å². The van der Waals surface area contributed by atoms with Gasteiger partial charge in [-0.25, -0.2) is 19.7 Å². The van der Waals surface area contributed by atoms with E-state index in [4.69, 9.17) is 4.74 Å². The second-order valence-corrected chi connectivity index (χ2v) is 9.67. The largest absolute Gasteiger partial charge is 0.381 e. The Bertz CT molecular complexity index is 1460. The van der Waals surface area contributed by atoms with E-state index in [0.29, 0.717) is 29.5 Å². The smallest absolute Gasteiger partial charge is 0.326 e. The highest BCUT2D eigenvalue weighted by atomic mass is 16.5. The molecular weight excluding hydrogens is 460 g/mol. The van der Waals surface area contributed by atoms with E-state index in [1.54, 1.807) is 4.57 Å². The summed E-state index contributed by atoms with van der Waals surface area (Å²) >= 11 is 0. The van der Waals surface area contributed by atoms with Gasteiger partial charge in [-0.15, -0.1) is 0 Å². The van der Waals surface area contributed by atoms with Gasteiger partial charge in [0.1, 0.15) is 6.33 Å². The van der Waals surface area contributed by atoms with Crippen LogP contribution in [0.25, 0.3) is 22.2 Å². The van der Waals surface area contributed by atoms with Crippen LogP contribution in [0, 0.1) is 5.92 Å². The number of imidazole rings is 2. The maximum Gasteiger partial charge on any atom is 0.326 e. The predicted octanol–water partition coefficient (Wildman–Crippen LogP) is 2.00. The van der Waals surface area contributed by atoms with Crippen molar-refractivity contribution in [2.75, 3.05) is 37.7 Å². The Morgan fingerprint density at radius 2 is 1.92 bits per heavy atom. The summed E-state index contributed by atoms with van der Waals surface area (Å²) in [6.07, 6.45) is 5.05. The van der Waals surface area contributed by atoms with Crippen molar-refractivity contribution in [1.82, 2.24) is 34.4 Å². The van der Waals surface area contributed by atoms with E-state index in [-0.39, 0.29) is 17.6 Å². The van der Waals surface area contributed by atoms with E-state index in [0.717, 1.165) is 68.8 Å². The standard InChI is InChI=1S/C25H30N8O3/c1-31-21-20(30-23(31)24(34)26-14-16-8-12-36-13-9-16)22(28-15-27-21)32-10-6-17(7-11-32)33-19-5-3-2-4-18(19)29-25(33)35/h2-5,15-17H,6-14H2,1H3,(H,26,34)(H,29,35). The zero-order valence-corrected chi connectivity index (χ0v) is 20.3. The Balaban J connectivity index is 1.20. The minimum absolute atomic E-state index is 0.0693. The topological polar surface area (TPSA) is 123 Å². The highest BCUT2D eigenvalue weighted by molar-refractivity contribution is 5.96. The van der Waals surface area contributed by atoms with Crippen molar-refractivity contribution in [2.45, 2.75) is 31.7 Å². The summed E-state index contributed by atoms with van der Waals surface area (Å²) in [6.45, 7) is 3.56. The number of aryl methyl sites for hydroxylation is 1. The minimum atomic E-state index is -0.203. The number of anilines is 1. The van der Waals surface area contributed by atoms with E-state index in [9.17, 15) is 9.59 Å². The van der Waals surface area contributed by atoms with Gasteiger partial charge in [-0.1, -0.05) is 12.1 Å². The fourth-order valence-corrected chi connectivity index (χ4v) is 5.46. The number of carbonyl (C=O) groups is 1. The van der Waals surface area contributed by atoms with Crippen LogP contribution in [-0.2, 0) is 11.8 Å². The Morgan fingerprint density at radius 1 is 1.14 bits per heavy atom. The average Bonchev–Trinajstić information content (AvgIpc) is 3.44. The van der Waals surface area contributed by atoms with Crippen molar-refractivity contribution in [2.24, 2.45) is 13.0 Å². The predicted molar refractivity (Wildman–Crippen MR) is 135 cm³/mol. The zero-order valence-electron chi connectivity index (χ0n) is 20.3. The van der Waals surface area contributed by atoms with Crippen LogP contribution < -0.4 is 15.9 Å². The number of rotatable bonds is 5. The summed E-state index contributed by atoms with van der Waals surface area (Å²) in [6, 6.07) is 7.90. The first-order valence-corrected chi connectivity index (χ1v) is 12.6. The molecule has 2 aliphatic rings. The lowest BCUT2D eigenvalue weighted by Gasteiger charge is -2.33. The first kappa shape index (κ1) is 22.7. The van der Waals surface area contributed by atoms with Crippen LogP contribution in [0.4, 0.5) is 5.82 Å². The SMILES string of the molecule is Cn1c(C(=O)NCC2CCOCC2)nc2c(N3CCC(n4c(=O)[nH]c5ccccc54)CC3)ncnc21. The lowest BCUT2D eigenvalue weighted by Crippen LogP contribution is -2.37. The van der Waals surface area contributed by atoms with Gasteiger partial charge >= 0.3 is 5.69 Å². The van der Waals surface area contributed by atoms with E-state index >= 15 is 0 Å². The fraction of sp³-hybridized carbons (Fsp3) is 0.480. The van der Waals surface area contributed by atoms with Gasteiger partial charge in [-0.05, 0) is 43.7 Å². The molecule has 188 valence electrons. The first-order chi connectivity index (χ1) is 17.6. The van der Waals surface area contributed by atoms with Crippen molar-refractivity contribution >= 4 is 33.9 Å². The zero-order chi connectivity index (χ0) is 24.6. The quantitative estimate of drug-likeness (QED) is 0.439. The van der Waals surface area contributed by atoms with Crippen LogP contribution in [0.5, 0.6) is 0 Å². The normalized spacial score (nSPS) is 17.8. The third-order valence-electron chi connectivity index (χ3n) is 7.49. The molecule has 0 atom stereocenters. The molecule has 0 aliphatic carbocycles. The second kappa shape index (κ2) is 9.38. The van der Waals surface area contributed by atoms with Crippen molar-refractivity contribution in [1.29, 1.82) is 0 Å². The Labute approximate surface area is 207 Å². The van der Waals surface area contributed by atoms with Gasteiger partial charge in [0.2, 0.25) is 5.82 Å². The summed E-state index contributed by atoms with van der Waals surface area (Å²) in [5.74, 6) is 1.28. The number of hydrogen-bond donors (Lipinski definition) is 2. The van der Waals surface area contributed by atoms with Gasteiger partial charge < -0.3 is 24.5 Å². The third-order valence-corrected chi connectivity index (χ3v) is 7.49. The van der Waals surface area contributed by atoms with Crippen molar-refractivity contribution in [3.8, 4) is 0 Å². The number of ether oxygens (including phenoxy) is 1. The molecule has 1 aromatic carbocycles. The van der Waals surface area contributed by atoms with E-state index in [1.165, 1.54) is 6.33 Å². The molecule has 1 amide bonds. The number of carbonyl (C=O) groups excluding carboxylic acids is 1. The molecule has 11 nitrogen and oxygen atoms in total. The molecule has 0 bridgehead atoms. The van der Waals surface area contributed by atoms with Crippen LogP contribution in [0.3, 0.4) is 0 Å². The summed E-state index contributed by atoms with van der Waals surface area (Å²) in [7, 11) is 1.81. The van der Waals surface area contributed by atoms with Gasteiger partial charge in [0.15, 0.2) is 17.0 Å². The number of nitrogens with one attached hydrogen (secondary N) is 2. The van der Waals surface area contributed by atoms with Gasteiger partial charge in [0, 0.05) is 45.9 Å². The van der Waals surface area contributed by atoms with Gasteiger partial charge in [-0.2, -0.15) is 0 Å². The number of para-hydroxylation sites is 2. The number of hydrogen-bond acceptors (Lipinski definition) is 7. The van der Waals surface area contributed by atoms with Crippen molar-refractivity contribution in [3.05, 3.63) is 46.9 Å².